The molecule has 3 rings (SSSR count). The lowest BCUT2D eigenvalue weighted by Crippen LogP contribution is -2.50. The van der Waals surface area contributed by atoms with Gasteiger partial charge in [-0.1, -0.05) is 13.3 Å². The quantitative estimate of drug-likeness (QED) is 0.919. The number of aryl methyl sites for hydroxylation is 1. The number of aromatic nitrogens is 2. The van der Waals surface area contributed by atoms with Crippen LogP contribution in [0, 0.1) is 5.92 Å². The minimum Gasteiger partial charge on any atom is -0.354 e. The second-order valence-corrected chi connectivity index (χ2v) is 6.14. The maximum Gasteiger partial charge on any atom is 0.223 e. The van der Waals surface area contributed by atoms with E-state index in [-0.39, 0.29) is 17.9 Å². The lowest BCUT2D eigenvalue weighted by molar-refractivity contribution is -0.128. The fraction of sp³-hybridized carbons (Fsp3) is 0.688. The number of hydrogen-bond donors (Lipinski definition) is 1. The molecule has 1 aromatic heterocycles. The Morgan fingerprint density at radius 2 is 2.19 bits per heavy atom. The predicted molar refractivity (Wildman–Crippen MR) is 82.1 cm³/mol. The summed E-state index contributed by atoms with van der Waals surface area (Å²) in [6, 6.07) is 2.32. The highest BCUT2D eigenvalue weighted by Gasteiger charge is 2.29. The van der Waals surface area contributed by atoms with E-state index in [1.165, 1.54) is 6.42 Å². The molecule has 2 fully saturated rings. The van der Waals surface area contributed by atoms with Gasteiger partial charge in [0.1, 0.15) is 12.1 Å². The first kappa shape index (κ1) is 14.3. The summed E-state index contributed by atoms with van der Waals surface area (Å²) in [6.07, 6.45) is 8.06. The Morgan fingerprint density at radius 3 is 2.90 bits per heavy atom. The molecule has 0 spiro atoms. The van der Waals surface area contributed by atoms with Crippen molar-refractivity contribution in [3.05, 3.63) is 18.1 Å². The number of carbonyl (C=O) groups is 1. The predicted octanol–water partition coefficient (Wildman–Crippen LogP) is 1.92. The largest absolute Gasteiger partial charge is 0.354 e. The van der Waals surface area contributed by atoms with Gasteiger partial charge in [-0.2, -0.15) is 0 Å². The van der Waals surface area contributed by atoms with Crippen molar-refractivity contribution in [2.75, 3.05) is 18.0 Å². The normalized spacial score (nSPS) is 22.7. The molecule has 5 heteroatoms. The van der Waals surface area contributed by atoms with Gasteiger partial charge in [0.25, 0.3) is 0 Å². The van der Waals surface area contributed by atoms with Gasteiger partial charge in [-0.05, 0) is 32.1 Å². The molecule has 1 amide bonds. The zero-order chi connectivity index (χ0) is 14.7. The molecule has 0 radical (unpaired) electrons. The fourth-order valence-corrected chi connectivity index (χ4v) is 3.04. The molecule has 1 saturated heterocycles. The first-order chi connectivity index (χ1) is 10.3. The molecule has 1 N–H and O–H groups in total. The molecule has 1 aromatic rings. The Balaban J connectivity index is 1.60. The van der Waals surface area contributed by atoms with Gasteiger partial charge in [0.05, 0.1) is 0 Å². The second kappa shape index (κ2) is 6.41. The standard InChI is InChI=1S/C16H24N4O/c1-2-13-9-15(18-11-17-13)20-8-4-7-14(10-20)19-16(21)12-5-3-6-12/h9,11-12,14H,2-8,10H2,1H3,(H,19,21). The van der Waals surface area contributed by atoms with E-state index in [4.69, 9.17) is 0 Å². The Labute approximate surface area is 126 Å². The van der Waals surface area contributed by atoms with Gasteiger partial charge in [0.15, 0.2) is 0 Å². The number of rotatable bonds is 4. The Morgan fingerprint density at radius 1 is 1.33 bits per heavy atom. The van der Waals surface area contributed by atoms with E-state index in [0.29, 0.717) is 0 Å². The van der Waals surface area contributed by atoms with Crippen LogP contribution in [0.15, 0.2) is 12.4 Å². The van der Waals surface area contributed by atoms with Gasteiger partial charge in [0, 0.05) is 36.8 Å². The summed E-state index contributed by atoms with van der Waals surface area (Å²) in [7, 11) is 0. The zero-order valence-electron chi connectivity index (χ0n) is 12.7. The number of carbonyl (C=O) groups excluding carboxylic acids is 1. The number of nitrogens with zero attached hydrogens (tertiary/aromatic N) is 3. The van der Waals surface area contributed by atoms with E-state index in [1.807, 2.05) is 0 Å². The number of nitrogens with one attached hydrogen (secondary N) is 1. The van der Waals surface area contributed by atoms with Crippen molar-refractivity contribution in [1.29, 1.82) is 0 Å². The monoisotopic (exact) mass is 288 g/mol. The summed E-state index contributed by atoms with van der Waals surface area (Å²) < 4.78 is 0. The van der Waals surface area contributed by atoms with Crippen LogP contribution in [0.1, 0.15) is 44.7 Å². The van der Waals surface area contributed by atoms with Crippen LogP contribution in [0.2, 0.25) is 0 Å². The van der Waals surface area contributed by atoms with Crippen LogP contribution < -0.4 is 10.2 Å². The highest BCUT2D eigenvalue weighted by atomic mass is 16.2. The summed E-state index contributed by atoms with van der Waals surface area (Å²) in [4.78, 5) is 23.0. The molecule has 1 unspecified atom stereocenters. The average Bonchev–Trinajstić information content (AvgIpc) is 2.45. The summed E-state index contributed by atoms with van der Waals surface area (Å²) in [5, 5.41) is 3.23. The third-order valence-corrected chi connectivity index (χ3v) is 4.64. The van der Waals surface area contributed by atoms with Gasteiger partial charge in [-0.25, -0.2) is 9.97 Å². The van der Waals surface area contributed by atoms with Gasteiger partial charge in [-0.3, -0.25) is 4.79 Å². The fourth-order valence-electron chi connectivity index (χ4n) is 3.04. The van der Waals surface area contributed by atoms with E-state index >= 15 is 0 Å². The molecular weight excluding hydrogens is 264 g/mol. The van der Waals surface area contributed by atoms with Crippen molar-refractivity contribution in [2.24, 2.45) is 5.92 Å². The average molecular weight is 288 g/mol. The molecule has 0 bridgehead atoms. The molecule has 1 atom stereocenters. The van der Waals surface area contributed by atoms with Gasteiger partial charge < -0.3 is 10.2 Å². The van der Waals surface area contributed by atoms with Crippen molar-refractivity contribution >= 4 is 11.7 Å². The van der Waals surface area contributed by atoms with E-state index in [1.54, 1.807) is 6.33 Å². The summed E-state index contributed by atoms with van der Waals surface area (Å²) >= 11 is 0. The third-order valence-electron chi connectivity index (χ3n) is 4.64. The topological polar surface area (TPSA) is 58.1 Å². The molecule has 0 aromatic carbocycles. The van der Waals surface area contributed by atoms with Crippen LogP contribution in [-0.4, -0.2) is 35.0 Å². The molecule has 2 aliphatic rings. The maximum absolute atomic E-state index is 12.1. The minimum atomic E-state index is 0.255. The highest BCUT2D eigenvalue weighted by Crippen LogP contribution is 2.27. The van der Waals surface area contributed by atoms with Gasteiger partial charge in [-0.15, -0.1) is 0 Å². The van der Waals surface area contributed by atoms with Crippen LogP contribution in [0.5, 0.6) is 0 Å². The molecule has 1 aliphatic carbocycles. The van der Waals surface area contributed by atoms with Crippen LogP contribution >= 0.6 is 0 Å². The smallest absolute Gasteiger partial charge is 0.223 e. The van der Waals surface area contributed by atoms with Crippen molar-refractivity contribution < 1.29 is 4.79 Å². The van der Waals surface area contributed by atoms with E-state index in [2.05, 4.69) is 33.2 Å². The lowest BCUT2D eigenvalue weighted by atomic mass is 9.84. The molecular formula is C16H24N4O. The van der Waals surface area contributed by atoms with Crippen LogP contribution in [0.25, 0.3) is 0 Å². The van der Waals surface area contributed by atoms with Gasteiger partial charge in [0.2, 0.25) is 5.91 Å². The summed E-state index contributed by atoms with van der Waals surface area (Å²) in [5.41, 5.74) is 1.07. The first-order valence-corrected chi connectivity index (χ1v) is 8.12. The van der Waals surface area contributed by atoms with Gasteiger partial charge >= 0.3 is 0 Å². The van der Waals surface area contributed by atoms with Crippen LogP contribution in [0.3, 0.4) is 0 Å². The minimum absolute atomic E-state index is 0.255. The SMILES string of the molecule is CCc1cc(N2CCCC(NC(=O)C3CCC3)C2)ncn1. The maximum atomic E-state index is 12.1. The Hall–Kier alpha value is -1.65. The summed E-state index contributed by atoms with van der Waals surface area (Å²) in [6.45, 7) is 3.97. The second-order valence-electron chi connectivity index (χ2n) is 6.14. The Bertz CT molecular complexity index is 501. The van der Waals surface area contributed by atoms with E-state index in [9.17, 15) is 4.79 Å². The molecule has 2 heterocycles. The van der Waals surface area contributed by atoms with Crippen molar-refractivity contribution in [1.82, 2.24) is 15.3 Å². The molecule has 1 saturated carbocycles. The van der Waals surface area contributed by atoms with Crippen molar-refractivity contribution in [2.45, 2.75) is 51.5 Å². The molecule has 21 heavy (non-hydrogen) atoms. The van der Waals surface area contributed by atoms with Crippen molar-refractivity contribution in [3.63, 3.8) is 0 Å². The van der Waals surface area contributed by atoms with Crippen molar-refractivity contribution in [3.8, 4) is 0 Å². The molecule has 114 valence electrons. The number of hydrogen-bond acceptors (Lipinski definition) is 4. The van der Waals surface area contributed by atoms with Crippen LogP contribution in [-0.2, 0) is 11.2 Å². The highest BCUT2D eigenvalue weighted by molar-refractivity contribution is 5.79. The number of piperidine rings is 1. The molecule has 5 nitrogen and oxygen atoms in total. The Kier molecular flexibility index (Phi) is 4.36. The van der Waals surface area contributed by atoms with Crippen LogP contribution in [0.4, 0.5) is 5.82 Å². The third kappa shape index (κ3) is 3.34. The number of anilines is 1. The zero-order valence-corrected chi connectivity index (χ0v) is 12.7. The first-order valence-electron chi connectivity index (χ1n) is 8.12. The van der Waals surface area contributed by atoms with E-state index < -0.39 is 0 Å². The summed E-state index contributed by atoms with van der Waals surface area (Å²) in [5.74, 6) is 1.51. The lowest BCUT2D eigenvalue weighted by Gasteiger charge is -2.35. The number of amides is 1. The van der Waals surface area contributed by atoms with E-state index in [0.717, 1.165) is 56.7 Å². The molecule has 1 aliphatic heterocycles.